The van der Waals surface area contributed by atoms with E-state index in [1.165, 1.54) is 0 Å². The van der Waals surface area contributed by atoms with E-state index < -0.39 is 0 Å². The molecule has 3 saturated carbocycles. The van der Waals surface area contributed by atoms with E-state index in [-0.39, 0.29) is 35.5 Å². The second-order valence-electron chi connectivity index (χ2n) is 14.8. The lowest BCUT2D eigenvalue weighted by atomic mass is 9.76. The Morgan fingerprint density at radius 3 is 0.857 bits per heavy atom. The van der Waals surface area contributed by atoms with Crippen molar-refractivity contribution in [2.75, 3.05) is 16.0 Å². The van der Waals surface area contributed by atoms with Crippen LogP contribution in [0, 0.1) is 53.3 Å². The fourth-order valence-electron chi connectivity index (χ4n) is 7.72. The van der Waals surface area contributed by atoms with Crippen LogP contribution in [0.15, 0.2) is 18.2 Å². The first kappa shape index (κ1) is 32.5. The SMILES string of the molecule is CC(C)C1CCC(C(=O)Nc2cc(NC(=O)C3CCC(C(C)C)CC3)cc(NC(=O)[C@H]3CC[C@H](C(C)C)CC3)c2)CC1. The molecule has 0 radical (unpaired) electrons. The predicted octanol–water partition coefficient (Wildman–Crippen LogP) is 8.89. The minimum Gasteiger partial charge on any atom is -0.326 e. The number of carbonyl (C=O) groups is 3. The van der Waals surface area contributed by atoms with E-state index in [1.54, 1.807) is 0 Å². The van der Waals surface area contributed by atoms with Crippen LogP contribution in [-0.2, 0) is 14.4 Å². The van der Waals surface area contributed by atoms with Crippen molar-refractivity contribution in [2.24, 2.45) is 53.3 Å². The van der Waals surface area contributed by atoms with Gasteiger partial charge in [-0.1, -0.05) is 41.5 Å². The standard InChI is InChI=1S/C36H57N3O3/c1-22(2)25-7-13-28(14-8-25)34(40)37-31-19-32(38-35(41)29-15-9-26(10-16-29)23(3)4)21-33(20-31)39-36(42)30-17-11-27(12-18-30)24(5)6/h19-30H,7-18H2,1-6H3,(H,37,40)(H,38,41)(H,39,42)/t25-,26?,27?,28-,29?,30?. The summed E-state index contributed by atoms with van der Waals surface area (Å²) < 4.78 is 0. The molecule has 3 aliphatic carbocycles. The van der Waals surface area contributed by atoms with Crippen LogP contribution in [0.4, 0.5) is 17.1 Å². The highest BCUT2D eigenvalue weighted by molar-refractivity contribution is 5.99. The van der Waals surface area contributed by atoms with Crippen LogP contribution >= 0.6 is 0 Å². The molecular formula is C36H57N3O3. The van der Waals surface area contributed by atoms with E-state index in [2.05, 4.69) is 57.5 Å². The molecule has 42 heavy (non-hydrogen) atoms. The fourth-order valence-corrected chi connectivity index (χ4v) is 7.72. The molecule has 3 aliphatic rings. The van der Waals surface area contributed by atoms with E-state index >= 15 is 0 Å². The van der Waals surface area contributed by atoms with Crippen molar-refractivity contribution in [3.8, 4) is 0 Å². The number of rotatable bonds is 9. The summed E-state index contributed by atoms with van der Waals surface area (Å²) in [5, 5.41) is 9.41. The normalized spacial score (nSPS) is 28.5. The maximum atomic E-state index is 13.3. The number of nitrogens with one attached hydrogen (secondary N) is 3. The molecule has 0 heterocycles. The topological polar surface area (TPSA) is 87.3 Å². The van der Waals surface area contributed by atoms with Gasteiger partial charge in [0.1, 0.15) is 0 Å². The van der Waals surface area contributed by atoms with Crippen LogP contribution < -0.4 is 16.0 Å². The maximum Gasteiger partial charge on any atom is 0.227 e. The molecule has 6 nitrogen and oxygen atoms in total. The molecule has 0 bridgehead atoms. The van der Waals surface area contributed by atoms with Gasteiger partial charge in [-0.05, 0) is 131 Å². The molecule has 0 atom stereocenters. The van der Waals surface area contributed by atoms with Gasteiger partial charge in [0.25, 0.3) is 0 Å². The number of benzene rings is 1. The van der Waals surface area contributed by atoms with Gasteiger partial charge in [0.05, 0.1) is 0 Å². The van der Waals surface area contributed by atoms with Crippen molar-refractivity contribution < 1.29 is 14.4 Å². The van der Waals surface area contributed by atoms with Gasteiger partial charge < -0.3 is 16.0 Å². The quantitative estimate of drug-likeness (QED) is 0.273. The molecule has 0 saturated heterocycles. The Morgan fingerprint density at radius 1 is 0.452 bits per heavy atom. The lowest BCUT2D eigenvalue weighted by molar-refractivity contribution is -0.121. The first-order chi connectivity index (χ1) is 20.0. The van der Waals surface area contributed by atoms with Crippen molar-refractivity contribution in [3.63, 3.8) is 0 Å². The van der Waals surface area contributed by atoms with Gasteiger partial charge in [0.15, 0.2) is 0 Å². The molecule has 0 aromatic heterocycles. The van der Waals surface area contributed by atoms with E-state index in [9.17, 15) is 14.4 Å². The van der Waals surface area contributed by atoms with Crippen molar-refractivity contribution >= 4 is 34.8 Å². The minimum absolute atomic E-state index is 0.00331. The summed E-state index contributed by atoms with van der Waals surface area (Å²) in [6.45, 7) is 13.6. The summed E-state index contributed by atoms with van der Waals surface area (Å²) in [6, 6.07) is 5.54. The molecular weight excluding hydrogens is 522 g/mol. The zero-order chi connectivity index (χ0) is 30.4. The Kier molecular flexibility index (Phi) is 11.5. The zero-order valence-corrected chi connectivity index (χ0v) is 27.1. The van der Waals surface area contributed by atoms with Gasteiger partial charge in [-0.15, -0.1) is 0 Å². The number of hydrogen-bond donors (Lipinski definition) is 3. The Hall–Kier alpha value is -2.37. The predicted molar refractivity (Wildman–Crippen MR) is 173 cm³/mol. The van der Waals surface area contributed by atoms with Crippen molar-refractivity contribution in [1.82, 2.24) is 0 Å². The third-order valence-electron chi connectivity index (χ3n) is 11.0. The lowest BCUT2D eigenvalue weighted by Crippen LogP contribution is -2.30. The van der Waals surface area contributed by atoms with Crippen LogP contribution in [0.25, 0.3) is 0 Å². The third kappa shape index (κ3) is 8.83. The smallest absolute Gasteiger partial charge is 0.227 e. The number of amides is 3. The molecule has 3 fully saturated rings. The first-order valence-electron chi connectivity index (χ1n) is 17.1. The lowest BCUT2D eigenvalue weighted by Gasteiger charge is -2.31. The Labute approximate surface area is 254 Å². The maximum absolute atomic E-state index is 13.3. The Balaban J connectivity index is 1.44. The second kappa shape index (κ2) is 14.9. The van der Waals surface area contributed by atoms with Gasteiger partial charge in [-0.2, -0.15) is 0 Å². The monoisotopic (exact) mass is 579 g/mol. The molecule has 0 unspecified atom stereocenters. The molecule has 1 aromatic rings. The number of hydrogen-bond acceptors (Lipinski definition) is 3. The molecule has 0 spiro atoms. The van der Waals surface area contributed by atoms with Crippen molar-refractivity contribution in [2.45, 2.75) is 119 Å². The van der Waals surface area contributed by atoms with Gasteiger partial charge in [0, 0.05) is 34.8 Å². The van der Waals surface area contributed by atoms with E-state index in [0.29, 0.717) is 52.6 Å². The zero-order valence-electron chi connectivity index (χ0n) is 27.1. The summed E-state index contributed by atoms with van der Waals surface area (Å²) in [5.41, 5.74) is 1.89. The summed E-state index contributed by atoms with van der Waals surface area (Å²) in [4.78, 5) is 39.9. The highest BCUT2D eigenvalue weighted by Crippen LogP contribution is 2.37. The van der Waals surface area contributed by atoms with Crippen molar-refractivity contribution in [3.05, 3.63) is 18.2 Å². The third-order valence-corrected chi connectivity index (χ3v) is 11.0. The highest BCUT2D eigenvalue weighted by Gasteiger charge is 2.30. The number of carbonyl (C=O) groups excluding carboxylic acids is 3. The molecule has 1 aromatic carbocycles. The molecule has 6 heteroatoms. The van der Waals surface area contributed by atoms with Crippen LogP contribution in [0.2, 0.25) is 0 Å². The van der Waals surface area contributed by atoms with Crippen LogP contribution in [0.1, 0.15) is 119 Å². The largest absolute Gasteiger partial charge is 0.326 e. The van der Waals surface area contributed by atoms with Crippen molar-refractivity contribution in [1.29, 1.82) is 0 Å². The first-order valence-corrected chi connectivity index (χ1v) is 17.1. The van der Waals surface area contributed by atoms with Gasteiger partial charge in [-0.3, -0.25) is 14.4 Å². The van der Waals surface area contributed by atoms with Gasteiger partial charge in [0.2, 0.25) is 17.7 Å². The molecule has 234 valence electrons. The minimum atomic E-state index is 0.00331. The molecule has 0 aliphatic heterocycles. The van der Waals surface area contributed by atoms with Gasteiger partial charge >= 0.3 is 0 Å². The summed E-state index contributed by atoms with van der Waals surface area (Å²) in [7, 11) is 0. The molecule has 3 amide bonds. The van der Waals surface area contributed by atoms with E-state index in [1.807, 2.05) is 18.2 Å². The summed E-state index contributed by atoms with van der Waals surface area (Å²) >= 11 is 0. The second-order valence-corrected chi connectivity index (χ2v) is 14.8. The van der Waals surface area contributed by atoms with Crippen LogP contribution in [0.3, 0.4) is 0 Å². The average Bonchev–Trinajstić information content (AvgIpc) is 2.97. The summed E-state index contributed by atoms with van der Waals surface area (Å²) in [6.07, 6.45) is 12.0. The number of anilines is 3. The highest BCUT2D eigenvalue weighted by atomic mass is 16.2. The van der Waals surface area contributed by atoms with Gasteiger partial charge in [-0.25, -0.2) is 0 Å². The van der Waals surface area contributed by atoms with Crippen LogP contribution in [0.5, 0.6) is 0 Å². The Bertz CT molecular complexity index is 911. The van der Waals surface area contributed by atoms with E-state index in [0.717, 1.165) is 77.0 Å². The fraction of sp³-hybridized carbons (Fsp3) is 0.750. The molecule has 4 rings (SSSR count). The Morgan fingerprint density at radius 2 is 0.667 bits per heavy atom. The van der Waals surface area contributed by atoms with Crippen LogP contribution in [-0.4, -0.2) is 17.7 Å². The summed E-state index contributed by atoms with van der Waals surface area (Å²) in [5.74, 6) is 4.17. The average molecular weight is 580 g/mol. The van der Waals surface area contributed by atoms with E-state index in [4.69, 9.17) is 0 Å². The molecule has 3 N–H and O–H groups in total.